The van der Waals surface area contributed by atoms with E-state index < -0.39 is 26.5 Å². The molecular formula is C7H8N2O4S. The van der Waals surface area contributed by atoms with Gasteiger partial charge in [-0.1, -0.05) is 0 Å². The lowest BCUT2D eigenvalue weighted by Gasteiger charge is -2.03. The molecule has 0 unspecified atom stereocenters. The van der Waals surface area contributed by atoms with Crippen LogP contribution < -0.4 is 10.9 Å². The maximum atomic E-state index is 10.9. The minimum Gasteiger partial charge on any atom is -0.478 e. The zero-order valence-corrected chi connectivity index (χ0v) is 7.78. The third kappa shape index (κ3) is 2.01. The van der Waals surface area contributed by atoms with Crippen molar-refractivity contribution in [1.29, 1.82) is 0 Å². The largest absolute Gasteiger partial charge is 0.478 e. The summed E-state index contributed by atoms with van der Waals surface area (Å²) in [4.78, 5) is 10.2. The fourth-order valence-corrected chi connectivity index (χ4v) is 1.67. The number of carboxylic acids is 1. The average Bonchev–Trinajstić information content (AvgIpc) is 2.01. The summed E-state index contributed by atoms with van der Waals surface area (Å²) in [6, 6.07) is 3.38. The molecule has 0 saturated carbocycles. The second-order valence-electron chi connectivity index (χ2n) is 2.61. The van der Waals surface area contributed by atoms with Crippen molar-refractivity contribution < 1.29 is 18.3 Å². The van der Waals surface area contributed by atoms with E-state index in [0.29, 0.717) is 0 Å². The topological polar surface area (TPSA) is 123 Å². The number of nitrogens with two attached hydrogens (primary N) is 2. The Kier molecular flexibility index (Phi) is 2.45. The third-order valence-electron chi connectivity index (χ3n) is 1.54. The molecule has 1 aromatic carbocycles. The summed E-state index contributed by atoms with van der Waals surface area (Å²) in [6.07, 6.45) is 0. The summed E-state index contributed by atoms with van der Waals surface area (Å²) in [5, 5.41) is 13.5. The van der Waals surface area contributed by atoms with Gasteiger partial charge < -0.3 is 10.8 Å². The summed E-state index contributed by atoms with van der Waals surface area (Å²) in [5.41, 5.74) is 5.05. The van der Waals surface area contributed by atoms with Gasteiger partial charge >= 0.3 is 5.97 Å². The van der Waals surface area contributed by atoms with Crippen molar-refractivity contribution in [3.63, 3.8) is 0 Å². The SMILES string of the molecule is Nc1ccc(S(N)(=O)=O)c(C(=O)O)c1. The number of hydrogen-bond acceptors (Lipinski definition) is 4. The van der Waals surface area contributed by atoms with Gasteiger partial charge in [-0.15, -0.1) is 0 Å². The lowest BCUT2D eigenvalue weighted by molar-refractivity contribution is 0.0692. The first-order valence-corrected chi connectivity index (χ1v) is 5.02. The second kappa shape index (κ2) is 3.28. The minimum atomic E-state index is -4.03. The normalized spacial score (nSPS) is 11.2. The van der Waals surface area contributed by atoms with Crippen LogP contribution in [0.4, 0.5) is 5.69 Å². The number of rotatable bonds is 2. The van der Waals surface area contributed by atoms with Gasteiger partial charge in [0, 0.05) is 5.69 Å². The number of benzene rings is 1. The van der Waals surface area contributed by atoms with Crippen molar-refractivity contribution in [3.8, 4) is 0 Å². The van der Waals surface area contributed by atoms with Gasteiger partial charge in [-0.25, -0.2) is 18.4 Å². The van der Waals surface area contributed by atoms with Crippen molar-refractivity contribution in [2.75, 3.05) is 5.73 Å². The number of hydrogen-bond donors (Lipinski definition) is 3. The molecule has 0 aliphatic carbocycles. The van der Waals surface area contributed by atoms with Crippen LogP contribution in [0.25, 0.3) is 0 Å². The highest BCUT2D eigenvalue weighted by Crippen LogP contribution is 2.17. The summed E-state index contributed by atoms with van der Waals surface area (Å²) in [7, 11) is -4.03. The van der Waals surface area contributed by atoms with Crippen molar-refractivity contribution >= 4 is 21.7 Å². The Balaban J connectivity index is 3.53. The molecule has 0 radical (unpaired) electrons. The van der Waals surface area contributed by atoms with Gasteiger partial charge in [-0.05, 0) is 18.2 Å². The van der Waals surface area contributed by atoms with E-state index in [1.807, 2.05) is 0 Å². The average molecular weight is 216 g/mol. The van der Waals surface area contributed by atoms with Gasteiger partial charge in [0.05, 0.1) is 10.5 Å². The Morgan fingerprint density at radius 1 is 1.36 bits per heavy atom. The van der Waals surface area contributed by atoms with Gasteiger partial charge in [-0.3, -0.25) is 0 Å². The van der Waals surface area contributed by atoms with Gasteiger partial charge in [0.15, 0.2) is 0 Å². The molecule has 6 nitrogen and oxygen atoms in total. The van der Waals surface area contributed by atoms with E-state index >= 15 is 0 Å². The smallest absolute Gasteiger partial charge is 0.337 e. The van der Waals surface area contributed by atoms with Crippen LogP contribution in [-0.4, -0.2) is 19.5 Å². The fraction of sp³-hybridized carbons (Fsp3) is 0. The zero-order chi connectivity index (χ0) is 10.9. The van der Waals surface area contributed by atoms with Crippen LogP contribution in [0.2, 0.25) is 0 Å². The molecule has 0 spiro atoms. The Hall–Kier alpha value is -1.60. The lowest BCUT2D eigenvalue weighted by atomic mass is 10.2. The molecule has 1 rings (SSSR count). The molecule has 0 aliphatic heterocycles. The number of nitrogen functional groups attached to an aromatic ring is 1. The van der Waals surface area contributed by atoms with E-state index in [4.69, 9.17) is 16.0 Å². The molecule has 5 N–H and O–H groups in total. The predicted molar refractivity (Wildman–Crippen MR) is 49.2 cm³/mol. The van der Waals surface area contributed by atoms with Gasteiger partial charge in [0.1, 0.15) is 0 Å². The first-order chi connectivity index (χ1) is 6.32. The standard InChI is InChI=1S/C7H8N2O4S/c8-4-1-2-6(14(9,12)13)5(3-4)7(10)11/h1-3H,8H2,(H,10,11)(H2,9,12,13). The van der Waals surface area contributed by atoms with Crippen LogP contribution in [0.5, 0.6) is 0 Å². The first kappa shape index (κ1) is 10.5. The summed E-state index contributed by atoms with van der Waals surface area (Å²) in [5.74, 6) is -1.39. The highest BCUT2D eigenvalue weighted by Gasteiger charge is 2.18. The fourth-order valence-electron chi connectivity index (χ4n) is 0.963. The van der Waals surface area contributed by atoms with Gasteiger partial charge in [0.2, 0.25) is 10.0 Å². The Bertz CT molecular complexity index is 480. The van der Waals surface area contributed by atoms with Gasteiger partial charge in [-0.2, -0.15) is 0 Å². The predicted octanol–water partition coefficient (Wildman–Crippen LogP) is -0.386. The van der Waals surface area contributed by atoms with Crippen LogP contribution in [0.15, 0.2) is 23.1 Å². The highest BCUT2D eigenvalue weighted by molar-refractivity contribution is 7.89. The van der Waals surface area contributed by atoms with E-state index in [0.717, 1.165) is 12.1 Å². The maximum absolute atomic E-state index is 10.9. The minimum absolute atomic E-state index is 0.162. The van der Waals surface area contributed by atoms with E-state index in [-0.39, 0.29) is 5.69 Å². The Morgan fingerprint density at radius 2 is 1.93 bits per heavy atom. The molecule has 0 aromatic heterocycles. The van der Waals surface area contributed by atoms with Crippen molar-refractivity contribution in [3.05, 3.63) is 23.8 Å². The molecule has 14 heavy (non-hydrogen) atoms. The molecule has 0 amide bonds. The first-order valence-electron chi connectivity index (χ1n) is 3.48. The highest BCUT2D eigenvalue weighted by atomic mass is 32.2. The molecule has 76 valence electrons. The summed E-state index contributed by atoms with van der Waals surface area (Å²) < 4.78 is 21.9. The number of aromatic carboxylic acids is 1. The monoisotopic (exact) mass is 216 g/mol. The number of carbonyl (C=O) groups is 1. The van der Waals surface area contributed by atoms with Crippen molar-refractivity contribution in [2.45, 2.75) is 4.90 Å². The van der Waals surface area contributed by atoms with Crippen LogP contribution in [-0.2, 0) is 10.0 Å². The summed E-state index contributed by atoms with van der Waals surface area (Å²) >= 11 is 0. The van der Waals surface area contributed by atoms with Crippen molar-refractivity contribution in [2.24, 2.45) is 5.14 Å². The van der Waals surface area contributed by atoms with Crippen LogP contribution >= 0.6 is 0 Å². The van der Waals surface area contributed by atoms with E-state index in [1.54, 1.807) is 0 Å². The lowest BCUT2D eigenvalue weighted by Crippen LogP contribution is -2.16. The molecule has 7 heteroatoms. The zero-order valence-electron chi connectivity index (χ0n) is 6.97. The Labute approximate surface area is 80.2 Å². The van der Waals surface area contributed by atoms with Gasteiger partial charge in [0.25, 0.3) is 0 Å². The quantitative estimate of drug-likeness (QED) is 0.581. The molecule has 0 saturated heterocycles. The van der Waals surface area contributed by atoms with E-state index in [9.17, 15) is 13.2 Å². The van der Waals surface area contributed by atoms with Crippen LogP contribution in [0.1, 0.15) is 10.4 Å². The molecule has 0 heterocycles. The second-order valence-corrected chi connectivity index (χ2v) is 4.14. The number of anilines is 1. The molecule has 0 aliphatic rings. The molecule has 0 fully saturated rings. The van der Waals surface area contributed by atoms with E-state index in [2.05, 4.69) is 0 Å². The van der Waals surface area contributed by atoms with Crippen LogP contribution in [0.3, 0.4) is 0 Å². The number of primary sulfonamides is 1. The Morgan fingerprint density at radius 3 is 2.36 bits per heavy atom. The van der Waals surface area contributed by atoms with Crippen molar-refractivity contribution in [1.82, 2.24) is 0 Å². The third-order valence-corrected chi connectivity index (χ3v) is 2.51. The summed E-state index contributed by atoms with van der Waals surface area (Å²) in [6.45, 7) is 0. The maximum Gasteiger partial charge on any atom is 0.337 e. The van der Waals surface area contributed by atoms with E-state index in [1.165, 1.54) is 6.07 Å². The number of sulfonamides is 1. The van der Waals surface area contributed by atoms with Crippen LogP contribution in [0, 0.1) is 0 Å². The molecule has 1 aromatic rings. The number of carboxylic acid groups (broad SMARTS) is 1. The molecule has 0 atom stereocenters. The molecular weight excluding hydrogens is 208 g/mol. The molecule has 0 bridgehead atoms.